The number of H-pyrrole nitrogens is 1. The normalized spacial score (nSPS) is 17.1. The molecule has 4 nitrogen and oxygen atoms in total. The molecule has 3 rings (SSSR count). The second kappa shape index (κ2) is 4.64. The van der Waals surface area contributed by atoms with E-state index < -0.39 is 6.17 Å². The zero-order chi connectivity index (χ0) is 13.4. The monoisotopic (exact) mass is 261 g/mol. The fourth-order valence-electron chi connectivity index (χ4n) is 2.61. The van der Waals surface area contributed by atoms with Crippen molar-refractivity contribution in [1.29, 1.82) is 0 Å². The van der Waals surface area contributed by atoms with Crippen LogP contribution in [0.1, 0.15) is 18.5 Å². The topological polar surface area (TPSA) is 49.0 Å². The molecule has 5 heteroatoms. The summed E-state index contributed by atoms with van der Waals surface area (Å²) in [6.07, 6.45) is 1.91. The first-order chi connectivity index (χ1) is 9.15. The fourth-order valence-corrected chi connectivity index (χ4v) is 2.61. The van der Waals surface area contributed by atoms with Crippen LogP contribution in [0.2, 0.25) is 0 Å². The van der Waals surface area contributed by atoms with Gasteiger partial charge < -0.3 is 9.88 Å². The van der Waals surface area contributed by atoms with Gasteiger partial charge in [-0.05, 0) is 37.3 Å². The molecule has 1 fully saturated rings. The fraction of sp³-hybridized carbons (Fsp3) is 0.429. The standard InChI is InChI=1S/C14H16FN3O/c1-9-8-10-2-5-16-14(19)12(10)13(17-9)18-6-3-11(15)4-7-18/h2,5,8,11H,3-4,6-7H2,1H3,(H,16,19). The van der Waals surface area contributed by atoms with Gasteiger partial charge in [0.2, 0.25) is 0 Å². The third-order valence-electron chi connectivity index (χ3n) is 3.59. The van der Waals surface area contributed by atoms with E-state index in [4.69, 9.17) is 0 Å². The van der Waals surface area contributed by atoms with Crippen LogP contribution in [0.15, 0.2) is 23.1 Å². The Kier molecular flexibility index (Phi) is 2.97. The van der Waals surface area contributed by atoms with Crippen molar-refractivity contribution < 1.29 is 4.39 Å². The van der Waals surface area contributed by atoms with Crippen LogP contribution in [0.4, 0.5) is 10.2 Å². The number of nitrogens with one attached hydrogen (secondary N) is 1. The van der Waals surface area contributed by atoms with E-state index in [2.05, 4.69) is 9.97 Å². The van der Waals surface area contributed by atoms with Gasteiger partial charge in [-0.25, -0.2) is 9.37 Å². The van der Waals surface area contributed by atoms with Gasteiger partial charge in [0.05, 0.1) is 5.39 Å². The molecule has 0 atom stereocenters. The minimum absolute atomic E-state index is 0.137. The Balaban J connectivity index is 2.14. The van der Waals surface area contributed by atoms with E-state index in [1.54, 1.807) is 6.20 Å². The molecule has 0 radical (unpaired) electrons. The molecular weight excluding hydrogens is 245 g/mol. The molecule has 0 amide bonds. The molecule has 1 N–H and O–H groups in total. The van der Waals surface area contributed by atoms with Crippen LogP contribution in [0.3, 0.4) is 0 Å². The number of aromatic nitrogens is 2. The number of nitrogens with zero attached hydrogens (tertiary/aromatic N) is 2. The number of pyridine rings is 2. The van der Waals surface area contributed by atoms with Gasteiger partial charge in [0.25, 0.3) is 5.56 Å². The number of aromatic amines is 1. The Labute approximate surface area is 110 Å². The number of halogens is 1. The van der Waals surface area contributed by atoms with E-state index in [1.165, 1.54) is 0 Å². The maximum Gasteiger partial charge on any atom is 0.259 e. The SMILES string of the molecule is Cc1cc2cc[nH]c(=O)c2c(N2CCC(F)CC2)n1. The molecule has 0 bridgehead atoms. The van der Waals surface area contributed by atoms with Crippen LogP contribution in [-0.4, -0.2) is 29.2 Å². The molecule has 1 aliphatic heterocycles. The summed E-state index contributed by atoms with van der Waals surface area (Å²) in [6, 6.07) is 3.77. The molecule has 0 aliphatic carbocycles. The summed E-state index contributed by atoms with van der Waals surface area (Å²) >= 11 is 0. The number of piperidine rings is 1. The number of rotatable bonds is 1. The van der Waals surface area contributed by atoms with E-state index in [0.29, 0.717) is 37.1 Å². The van der Waals surface area contributed by atoms with E-state index >= 15 is 0 Å². The highest BCUT2D eigenvalue weighted by Gasteiger charge is 2.22. The Morgan fingerprint density at radius 2 is 2.16 bits per heavy atom. The van der Waals surface area contributed by atoms with Gasteiger partial charge in [-0.1, -0.05) is 0 Å². The van der Waals surface area contributed by atoms with Gasteiger partial charge in [-0.2, -0.15) is 0 Å². The Morgan fingerprint density at radius 1 is 1.42 bits per heavy atom. The lowest BCUT2D eigenvalue weighted by atomic mass is 10.1. The third-order valence-corrected chi connectivity index (χ3v) is 3.59. The van der Waals surface area contributed by atoms with Crippen molar-refractivity contribution in [1.82, 2.24) is 9.97 Å². The number of hydrogen-bond donors (Lipinski definition) is 1. The zero-order valence-electron chi connectivity index (χ0n) is 10.8. The molecular formula is C14H16FN3O. The number of fused-ring (bicyclic) bond motifs is 1. The molecule has 0 saturated carbocycles. The smallest absolute Gasteiger partial charge is 0.259 e. The number of anilines is 1. The van der Waals surface area contributed by atoms with E-state index in [-0.39, 0.29) is 5.56 Å². The largest absolute Gasteiger partial charge is 0.356 e. The summed E-state index contributed by atoms with van der Waals surface area (Å²) in [7, 11) is 0. The summed E-state index contributed by atoms with van der Waals surface area (Å²) in [6.45, 7) is 3.13. The third kappa shape index (κ3) is 2.20. The van der Waals surface area contributed by atoms with Gasteiger partial charge in [0.15, 0.2) is 0 Å². The van der Waals surface area contributed by atoms with Crippen LogP contribution >= 0.6 is 0 Å². The molecule has 0 unspecified atom stereocenters. The Hall–Kier alpha value is -1.91. The van der Waals surface area contributed by atoms with E-state index in [1.807, 2.05) is 24.0 Å². The summed E-state index contributed by atoms with van der Waals surface area (Å²) in [4.78, 5) is 21.2. The van der Waals surface area contributed by atoms with Crippen LogP contribution in [0, 0.1) is 6.92 Å². The summed E-state index contributed by atoms with van der Waals surface area (Å²) in [5.74, 6) is 0.684. The second-order valence-electron chi connectivity index (χ2n) is 5.02. The molecule has 3 heterocycles. The molecule has 2 aromatic heterocycles. The average Bonchev–Trinajstić information content (AvgIpc) is 2.38. The number of aryl methyl sites for hydroxylation is 1. The van der Waals surface area contributed by atoms with Gasteiger partial charge in [-0.3, -0.25) is 4.79 Å². The van der Waals surface area contributed by atoms with Crippen molar-refractivity contribution in [2.75, 3.05) is 18.0 Å². The second-order valence-corrected chi connectivity index (χ2v) is 5.02. The van der Waals surface area contributed by atoms with Crippen LogP contribution in [0.25, 0.3) is 10.8 Å². The van der Waals surface area contributed by atoms with Crippen molar-refractivity contribution >= 4 is 16.6 Å². The zero-order valence-corrected chi connectivity index (χ0v) is 10.8. The maximum atomic E-state index is 13.2. The first-order valence-corrected chi connectivity index (χ1v) is 6.53. The van der Waals surface area contributed by atoms with E-state index in [0.717, 1.165) is 11.1 Å². The highest BCUT2D eigenvalue weighted by atomic mass is 19.1. The predicted molar refractivity (Wildman–Crippen MR) is 73.4 cm³/mol. The predicted octanol–water partition coefficient (Wildman–Crippen LogP) is 2.17. The molecule has 19 heavy (non-hydrogen) atoms. The lowest BCUT2D eigenvalue weighted by molar-refractivity contribution is 0.277. The summed E-state index contributed by atoms with van der Waals surface area (Å²) in [5.41, 5.74) is 0.734. The lowest BCUT2D eigenvalue weighted by Gasteiger charge is -2.30. The quantitative estimate of drug-likeness (QED) is 0.856. The molecule has 0 aromatic carbocycles. The van der Waals surface area contributed by atoms with Gasteiger partial charge in [-0.15, -0.1) is 0 Å². The molecule has 1 saturated heterocycles. The minimum atomic E-state index is -0.731. The van der Waals surface area contributed by atoms with Crippen LogP contribution in [-0.2, 0) is 0 Å². The maximum absolute atomic E-state index is 13.2. The number of hydrogen-bond acceptors (Lipinski definition) is 3. The highest BCUT2D eigenvalue weighted by molar-refractivity contribution is 5.91. The van der Waals surface area contributed by atoms with Gasteiger partial charge in [0, 0.05) is 25.0 Å². The van der Waals surface area contributed by atoms with Gasteiger partial charge in [0.1, 0.15) is 12.0 Å². The van der Waals surface area contributed by atoms with Crippen molar-refractivity contribution in [3.05, 3.63) is 34.4 Å². The molecule has 0 spiro atoms. The van der Waals surface area contributed by atoms with Crippen LogP contribution in [0.5, 0.6) is 0 Å². The average molecular weight is 261 g/mol. The first kappa shape index (κ1) is 12.1. The van der Waals surface area contributed by atoms with E-state index in [9.17, 15) is 9.18 Å². The first-order valence-electron chi connectivity index (χ1n) is 6.53. The number of alkyl halides is 1. The lowest BCUT2D eigenvalue weighted by Crippen LogP contribution is -2.35. The molecule has 100 valence electrons. The minimum Gasteiger partial charge on any atom is -0.356 e. The van der Waals surface area contributed by atoms with Crippen molar-refractivity contribution in [3.8, 4) is 0 Å². The Bertz CT molecular complexity index is 659. The van der Waals surface area contributed by atoms with Crippen molar-refractivity contribution in [2.24, 2.45) is 0 Å². The summed E-state index contributed by atoms with van der Waals surface area (Å²) in [5, 5.41) is 1.49. The summed E-state index contributed by atoms with van der Waals surface area (Å²) < 4.78 is 13.2. The van der Waals surface area contributed by atoms with Gasteiger partial charge >= 0.3 is 0 Å². The molecule has 2 aromatic rings. The Morgan fingerprint density at radius 3 is 2.89 bits per heavy atom. The van der Waals surface area contributed by atoms with Crippen molar-refractivity contribution in [3.63, 3.8) is 0 Å². The van der Waals surface area contributed by atoms with Crippen molar-refractivity contribution in [2.45, 2.75) is 25.9 Å². The molecule has 1 aliphatic rings. The van der Waals surface area contributed by atoms with Crippen LogP contribution < -0.4 is 10.5 Å². The highest BCUT2D eigenvalue weighted by Crippen LogP contribution is 2.25.